The van der Waals surface area contributed by atoms with E-state index in [4.69, 9.17) is 0 Å². The van der Waals surface area contributed by atoms with Crippen LogP contribution in [-0.4, -0.2) is 28.8 Å². The number of nitrogens with zero attached hydrogens (tertiary/aromatic N) is 3. The van der Waals surface area contributed by atoms with E-state index >= 15 is 4.39 Å². The molecule has 5 rings (SSSR count). The summed E-state index contributed by atoms with van der Waals surface area (Å²) in [6.07, 6.45) is 4.70. The van der Waals surface area contributed by atoms with E-state index in [1.165, 1.54) is 24.2 Å². The van der Waals surface area contributed by atoms with Crippen LogP contribution in [0, 0.1) is 5.82 Å². The summed E-state index contributed by atoms with van der Waals surface area (Å²) in [5, 5.41) is 5.25. The Morgan fingerprint density at radius 1 is 0.949 bits per heavy atom. The van der Waals surface area contributed by atoms with E-state index in [9.17, 15) is 9.59 Å². The Balaban J connectivity index is 1.48. The zero-order valence-electron chi connectivity index (χ0n) is 21.5. The molecule has 6 nitrogen and oxygen atoms in total. The predicted molar refractivity (Wildman–Crippen MR) is 151 cm³/mol. The molecule has 0 aliphatic rings. The van der Waals surface area contributed by atoms with Gasteiger partial charge in [-0.2, -0.15) is 5.10 Å². The van der Waals surface area contributed by atoms with Crippen molar-refractivity contribution in [1.82, 2.24) is 9.78 Å². The number of fused-ring (bicyclic) bond motifs is 1. The van der Waals surface area contributed by atoms with Crippen molar-refractivity contribution in [3.8, 4) is 11.1 Å². The van der Waals surface area contributed by atoms with Crippen LogP contribution in [0.2, 0.25) is 0 Å². The van der Waals surface area contributed by atoms with Gasteiger partial charge in [0, 0.05) is 35.3 Å². The lowest BCUT2D eigenvalue weighted by Crippen LogP contribution is -2.30. The number of hydrogen-bond acceptors (Lipinski definition) is 4. The smallest absolute Gasteiger partial charge is 0.330 e. The van der Waals surface area contributed by atoms with E-state index < -0.39 is 11.8 Å². The maximum atomic E-state index is 15.5. The van der Waals surface area contributed by atoms with Gasteiger partial charge >= 0.3 is 5.97 Å². The average molecular weight is 520 g/mol. The normalized spacial score (nSPS) is 11.2. The summed E-state index contributed by atoms with van der Waals surface area (Å²) >= 11 is 0. The number of ether oxygens (including phenoxy) is 1. The molecule has 0 aliphatic heterocycles. The number of carbonyl (C=O) groups excluding carboxylic acids is 2. The lowest BCUT2D eigenvalue weighted by atomic mass is 10.0. The molecule has 0 fully saturated rings. The first-order valence-corrected chi connectivity index (χ1v) is 12.4. The highest BCUT2D eigenvalue weighted by Gasteiger charge is 2.20. The van der Waals surface area contributed by atoms with Gasteiger partial charge in [0.1, 0.15) is 5.82 Å². The first-order valence-electron chi connectivity index (χ1n) is 12.4. The number of rotatable bonds is 7. The second-order valence-corrected chi connectivity index (χ2v) is 9.06. The molecular formula is C32H26FN3O3. The second kappa shape index (κ2) is 11.1. The number of esters is 1. The Kier molecular flexibility index (Phi) is 7.32. The van der Waals surface area contributed by atoms with Crippen molar-refractivity contribution in [2.24, 2.45) is 7.05 Å². The fraction of sp³-hybridized carbons (Fsp3) is 0.0938. The molecule has 0 atom stereocenters. The molecule has 0 saturated heterocycles. The van der Waals surface area contributed by atoms with Crippen LogP contribution >= 0.6 is 0 Å². The predicted octanol–water partition coefficient (Wildman–Crippen LogP) is 6.41. The lowest BCUT2D eigenvalue weighted by molar-refractivity contribution is -0.134. The third kappa shape index (κ3) is 5.62. The van der Waals surface area contributed by atoms with Crippen LogP contribution in [0.5, 0.6) is 0 Å². The maximum absolute atomic E-state index is 15.5. The van der Waals surface area contributed by atoms with Gasteiger partial charge in [-0.1, -0.05) is 48.5 Å². The van der Waals surface area contributed by atoms with E-state index in [0.717, 1.165) is 22.0 Å². The first-order chi connectivity index (χ1) is 18.9. The maximum Gasteiger partial charge on any atom is 0.330 e. The molecule has 0 aliphatic carbocycles. The number of methoxy groups -OCH3 is 1. The number of amides is 1. The SMILES string of the molecule is COC(=O)C=Cc1cccc(N(Cc2ccc(-c3ccc4c(cnn4C)c3)cc2F)C(=O)c2ccccc2)c1. The number of hydrogen-bond donors (Lipinski definition) is 0. The molecule has 39 heavy (non-hydrogen) atoms. The summed E-state index contributed by atoms with van der Waals surface area (Å²) in [4.78, 5) is 26.7. The molecular weight excluding hydrogens is 493 g/mol. The third-order valence-corrected chi connectivity index (χ3v) is 6.52. The van der Waals surface area contributed by atoms with E-state index in [-0.39, 0.29) is 12.5 Å². The molecule has 0 unspecified atom stereocenters. The van der Waals surface area contributed by atoms with E-state index in [0.29, 0.717) is 22.4 Å². The number of aromatic nitrogens is 2. The summed E-state index contributed by atoms with van der Waals surface area (Å²) in [7, 11) is 3.18. The third-order valence-electron chi connectivity index (χ3n) is 6.52. The number of anilines is 1. The molecule has 4 aromatic carbocycles. The summed E-state index contributed by atoms with van der Waals surface area (Å²) in [6.45, 7) is 0.0195. The molecule has 1 heterocycles. The number of aryl methyl sites for hydroxylation is 1. The van der Waals surface area contributed by atoms with Gasteiger partial charge in [-0.15, -0.1) is 0 Å². The Morgan fingerprint density at radius 2 is 1.72 bits per heavy atom. The van der Waals surface area contributed by atoms with Gasteiger partial charge in [-0.05, 0) is 65.2 Å². The van der Waals surface area contributed by atoms with Crippen LogP contribution in [0.1, 0.15) is 21.5 Å². The Morgan fingerprint density at radius 3 is 2.49 bits per heavy atom. The fourth-order valence-electron chi connectivity index (χ4n) is 4.41. The van der Waals surface area contributed by atoms with Crippen molar-refractivity contribution in [2.45, 2.75) is 6.54 Å². The monoisotopic (exact) mass is 519 g/mol. The minimum atomic E-state index is -0.484. The van der Waals surface area contributed by atoms with Crippen LogP contribution in [0.3, 0.4) is 0 Å². The van der Waals surface area contributed by atoms with E-state index in [2.05, 4.69) is 9.84 Å². The van der Waals surface area contributed by atoms with Gasteiger partial charge in [-0.3, -0.25) is 9.48 Å². The summed E-state index contributed by atoms with van der Waals surface area (Å²) in [5.41, 5.74) is 4.73. The van der Waals surface area contributed by atoms with Crippen molar-refractivity contribution in [3.63, 3.8) is 0 Å². The standard InChI is InChI=1S/C32H26FN3O3/c1-35-30-15-14-24(18-27(30)20-34-35)25-12-13-26(29(33)19-25)21-36(32(38)23-8-4-3-5-9-23)28-10-6-7-22(17-28)11-16-31(37)39-2/h3-20H,21H2,1-2H3. The zero-order chi connectivity index (χ0) is 27.4. The Hall–Kier alpha value is -5.04. The van der Waals surface area contributed by atoms with Gasteiger partial charge in [0.15, 0.2) is 0 Å². The molecule has 0 saturated carbocycles. The van der Waals surface area contributed by atoms with Gasteiger partial charge in [0.2, 0.25) is 0 Å². The van der Waals surface area contributed by atoms with Gasteiger partial charge in [0.25, 0.3) is 5.91 Å². The van der Waals surface area contributed by atoms with Crippen LogP contribution in [0.15, 0.2) is 103 Å². The molecule has 5 aromatic rings. The van der Waals surface area contributed by atoms with E-state index in [1.54, 1.807) is 65.5 Å². The highest BCUT2D eigenvalue weighted by atomic mass is 19.1. The number of benzene rings is 4. The van der Waals surface area contributed by atoms with Crippen molar-refractivity contribution in [2.75, 3.05) is 12.0 Å². The molecule has 1 amide bonds. The van der Waals surface area contributed by atoms with Crippen LogP contribution < -0.4 is 4.90 Å². The molecule has 194 valence electrons. The number of halogens is 1. The largest absolute Gasteiger partial charge is 0.466 e. The van der Waals surface area contributed by atoms with Gasteiger partial charge in [0.05, 0.1) is 25.4 Å². The van der Waals surface area contributed by atoms with Crippen molar-refractivity contribution < 1.29 is 18.7 Å². The highest BCUT2D eigenvalue weighted by molar-refractivity contribution is 6.06. The van der Waals surface area contributed by atoms with Crippen LogP contribution in [-0.2, 0) is 23.1 Å². The first kappa shape index (κ1) is 25.6. The number of carbonyl (C=O) groups is 2. The van der Waals surface area contributed by atoms with Gasteiger partial charge < -0.3 is 9.64 Å². The summed E-state index contributed by atoms with van der Waals surface area (Å²) in [5.74, 6) is -1.16. The molecule has 0 bridgehead atoms. The summed E-state index contributed by atoms with van der Waals surface area (Å²) in [6, 6.07) is 27.0. The Labute approximate surface area is 225 Å². The van der Waals surface area contributed by atoms with Crippen LogP contribution in [0.4, 0.5) is 10.1 Å². The highest BCUT2D eigenvalue weighted by Crippen LogP contribution is 2.28. The fourth-order valence-corrected chi connectivity index (χ4v) is 4.41. The van der Waals surface area contributed by atoms with Crippen molar-refractivity contribution in [3.05, 3.63) is 126 Å². The lowest BCUT2D eigenvalue weighted by Gasteiger charge is -2.24. The van der Waals surface area contributed by atoms with Crippen molar-refractivity contribution in [1.29, 1.82) is 0 Å². The van der Waals surface area contributed by atoms with Crippen LogP contribution in [0.25, 0.3) is 28.1 Å². The Bertz CT molecular complexity index is 1690. The zero-order valence-corrected chi connectivity index (χ0v) is 21.5. The van der Waals surface area contributed by atoms with E-state index in [1.807, 2.05) is 43.4 Å². The molecule has 0 radical (unpaired) electrons. The van der Waals surface area contributed by atoms with Gasteiger partial charge in [-0.25, -0.2) is 9.18 Å². The van der Waals surface area contributed by atoms with Crippen molar-refractivity contribution >= 4 is 34.5 Å². The average Bonchev–Trinajstić information content (AvgIpc) is 3.35. The minimum Gasteiger partial charge on any atom is -0.466 e. The topological polar surface area (TPSA) is 64.4 Å². The second-order valence-electron chi connectivity index (χ2n) is 9.06. The molecule has 0 N–H and O–H groups in total. The quantitative estimate of drug-likeness (QED) is 0.184. The minimum absolute atomic E-state index is 0.0195. The summed E-state index contributed by atoms with van der Waals surface area (Å²) < 4.78 is 22.0. The molecule has 7 heteroatoms. The molecule has 1 aromatic heterocycles. The molecule has 0 spiro atoms.